The molecular formula is C28H30N8O2. The Bertz CT molecular complexity index is 1510. The molecule has 1 aliphatic heterocycles. The molecule has 0 spiro atoms. The summed E-state index contributed by atoms with van der Waals surface area (Å²) in [6.45, 7) is 6.16. The average molecular weight is 511 g/mol. The predicted octanol–water partition coefficient (Wildman–Crippen LogP) is 3.61. The molecule has 6 rings (SSSR count). The van der Waals surface area contributed by atoms with Crippen LogP contribution in [0.3, 0.4) is 0 Å². The first-order chi connectivity index (χ1) is 18.7. The molecule has 10 nitrogen and oxygen atoms in total. The molecule has 10 heteroatoms. The standard InChI is InChI=1S/C28H30N8O2/c1-37-24-6-7-36-26(18-30-28(36)14-24)25-15-27(32-20-31-25)29-16-21-2-4-22(5-3-21)23-17-33-35(19-23)9-8-34-10-12-38-13-11-34/h2-7,14-15,17-20H,8-13,16H2,1H3,(H,29,31,32). The number of hydrogen-bond acceptors (Lipinski definition) is 8. The van der Waals surface area contributed by atoms with Crippen LogP contribution in [-0.4, -0.2) is 74.0 Å². The van der Waals surface area contributed by atoms with Crippen molar-refractivity contribution in [3.8, 4) is 28.3 Å². The maximum atomic E-state index is 5.43. The summed E-state index contributed by atoms with van der Waals surface area (Å²) in [6, 6.07) is 14.3. The van der Waals surface area contributed by atoms with Crippen LogP contribution in [0.4, 0.5) is 5.82 Å². The number of anilines is 1. The molecule has 0 saturated carbocycles. The van der Waals surface area contributed by atoms with Crippen molar-refractivity contribution in [1.29, 1.82) is 0 Å². The van der Waals surface area contributed by atoms with Gasteiger partial charge in [0, 0.05) is 56.3 Å². The fraction of sp³-hybridized carbons (Fsp3) is 0.286. The van der Waals surface area contributed by atoms with Crippen LogP contribution >= 0.6 is 0 Å². The number of rotatable bonds is 9. The third kappa shape index (κ3) is 5.36. The molecule has 1 aliphatic rings. The number of hydrogen-bond donors (Lipinski definition) is 1. The van der Waals surface area contributed by atoms with Crippen molar-refractivity contribution in [3.05, 3.63) is 79.1 Å². The second-order valence-corrected chi connectivity index (χ2v) is 9.22. The van der Waals surface area contributed by atoms with Gasteiger partial charge in [-0.1, -0.05) is 24.3 Å². The summed E-state index contributed by atoms with van der Waals surface area (Å²) in [6.07, 6.45) is 9.36. The Labute approximate surface area is 220 Å². The molecule has 1 saturated heterocycles. The van der Waals surface area contributed by atoms with E-state index >= 15 is 0 Å². The quantitative estimate of drug-likeness (QED) is 0.321. The molecule has 1 fully saturated rings. The van der Waals surface area contributed by atoms with Gasteiger partial charge >= 0.3 is 0 Å². The van der Waals surface area contributed by atoms with Gasteiger partial charge in [-0.05, 0) is 17.2 Å². The van der Waals surface area contributed by atoms with E-state index in [1.54, 1.807) is 13.4 Å². The Morgan fingerprint density at radius 3 is 2.66 bits per heavy atom. The molecule has 5 aromatic rings. The first kappa shape index (κ1) is 24.1. The summed E-state index contributed by atoms with van der Waals surface area (Å²) in [5.41, 5.74) is 5.92. The molecule has 0 aliphatic carbocycles. The summed E-state index contributed by atoms with van der Waals surface area (Å²) in [5.74, 6) is 1.52. The zero-order valence-corrected chi connectivity index (χ0v) is 21.3. The van der Waals surface area contributed by atoms with Gasteiger partial charge in [0.1, 0.15) is 23.5 Å². The highest BCUT2D eigenvalue weighted by Gasteiger charge is 2.11. The lowest BCUT2D eigenvalue weighted by Gasteiger charge is -2.26. The average Bonchev–Trinajstić information content (AvgIpc) is 3.63. The summed E-state index contributed by atoms with van der Waals surface area (Å²) in [7, 11) is 1.65. The molecule has 0 radical (unpaired) electrons. The van der Waals surface area contributed by atoms with E-state index in [-0.39, 0.29) is 0 Å². The number of ether oxygens (including phenoxy) is 2. The third-order valence-corrected chi connectivity index (χ3v) is 6.79. The Balaban J connectivity index is 1.07. The van der Waals surface area contributed by atoms with Crippen LogP contribution in [0.2, 0.25) is 0 Å². The van der Waals surface area contributed by atoms with Gasteiger partial charge in [-0.15, -0.1) is 0 Å². The molecule has 4 aromatic heterocycles. The molecule has 0 unspecified atom stereocenters. The van der Waals surface area contributed by atoms with Crippen molar-refractivity contribution in [2.45, 2.75) is 13.1 Å². The van der Waals surface area contributed by atoms with Gasteiger partial charge in [-0.3, -0.25) is 14.0 Å². The Hall–Kier alpha value is -4.28. The van der Waals surface area contributed by atoms with Crippen LogP contribution in [-0.2, 0) is 17.8 Å². The predicted molar refractivity (Wildman–Crippen MR) is 145 cm³/mol. The minimum atomic E-state index is 0.653. The SMILES string of the molecule is COc1ccn2c(-c3cc(NCc4ccc(-c5cnn(CCN6CCOCC6)c5)cc4)ncn3)cnc2c1. The van der Waals surface area contributed by atoms with Gasteiger partial charge in [0.2, 0.25) is 0 Å². The van der Waals surface area contributed by atoms with Gasteiger partial charge in [0.05, 0.1) is 50.6 Å². The maximum absolute atomic E-state index is 5.43. The van der Waals surface area contributed by atoms with E-state index in [1.165, 1.54) is 0 Å². The highest BCUT2D eigenvalue weighted by atomic mass is 16.5. The van der Waals surface area contributed by atoms with E-state index in [4.69, 9.17) is 9.47 Å². The van der Waals surface area contributed by atoms with Gasteiger partial charge in [0.25, 0.3) is 0 Å². The van der Waals surface area contributed by atoms with E-state index in [1.807, 2.05) is 45.9 Å². The highest BCUT2D eigenvalue weighted by Crippen LogP contribution is 2.23. The lowest BCUT2D eigenvalue weighted by atomic mass is 10.1. The number of aromatic nitrogens is 6. The van der Waals surface area contributed by atoms with Crippen LogP contribution in [0.25, 0.3) is 28.2 Å². The molecule has 194 valence electrons. The summed E-state index contributed by atoms with van der Waals surface area (Å²) in [4.78, 5) is 15.8. The second kappa shape index (κ2) is 11.0. The minimum absolute atomic E-state index is 0.653. The molecule has 1 N–H and O–H groups in total. The van der Waals surface area contributed by atoms with E-state index in [0.29, 0.717) is 6.54 Å². The van der Waals surface area contributed by atoms with Crippen molar-refractivity contribution >= 4 is 11.5 Å². The summed E-state index contributed by atoms with van der Waals surface area (Å²) < 4.78 is 14.7. The number of imidazole rings is 1. The monoisotopic (exact) mass is 510 g/mol. The summed E-state index contributed by atoms with van der Waals surface area (Å²) in [5, 5.41) is 7.96. The van der Waals surface area contributed by atoms with E-state index in [9.17, 15) is 0 Å². The van der Waals surface area contributed by atoms with Gasteiger partial charge in [0.15, 0.2) is 0 Å². The second-order valence-electron chi connectivity index (χ2n) is 9.22. The van der Waals surface area contributed by atoms with Crippen LogP contribution in [0.1, 0.15) is 5.56 Å². The highest BCUT2D eigenvalue weighted by molar-refractivity contribution is 5.64. The molecule has 1 aromatic carbocycles. The smallest absolute Gasteiger partial charge is 0.140 e. The van der Waals surface area contributed by atoms with Crippen LogP contribution in [0.5, 0.6) is 5.75 Å². The maximum Gasteiger partial charge on any atom is 0.140 e. The number of fused-ring (bicyclic) bond motifs is 1. The first-order valence-electron chi connectivity index (χ1n) is 12.7. The van der Waals surface area contributed by atoms with Crippen molar-refractivity contribution in [2.75, 3.05) is 45.3 Å². The van der Waals surface area contributed by atoms with E-state index in [2.05, 4.69) is 60.7 Å². The Morgan fingerprint density at radius 1 is 0.947 bits per heavy atom. The molecule has 0 bridgehead atoms. The molecule has 0 amide bonds. The zero-order chi connectivity index (χ0) is 25.7. The molecule has 38 heavy (non-hydrogen) atoms. The number of nitrogens with one attached hydrogen (secondary N) is 1. The van der Waals surface area contributed by atoms with Gasteiger partial charge < -0.3 is 14.8 Å². The normalized spacial score (nSPS) is 14.1. The van der Waals surface area contributed by atoms with Crippen molar-refractivity contribution in [2.24, 2.45) is 0 Å². The van der Waals surface area contributed by atoms with Crippen molar-refractivity contribution in [3.63, 3.8) is 0 Å². The van der Waals surface area contributed by atoms with Gasteiger partial charge in [-0.25, -0.2) is 15.0 Å². The van der Waals surface area contributed by atoms with Crippen LogP contribution in [0.15, 0.2) is 73.6 Å². The number of pyridine rings is 1. The largest absolute Gasteiger partial charge is 0.497 e. The lowest BCUT2D eigenvalue weighted by molar-refractivity contribution is 0.0360. The number of benzene rings is 1. The van der Waals surface area contributed by atoms with E-state index in [0.717, 1.165) is 84.7 Å². The summed E-state index contributed by atoms with van der Waals surface area (Å²) >= 11 is 0. The fourth-order valence-corrected chi connectivity index (χ4v) is 4.58. The minimum Gasteiger partial charge on any atom is -0.497 e. The van der Waals surface area contributed by atoms with E-state index < -0.39 is 0 Å². The number of nitrogens with zero attached hydrogens (tertiary/aromatic N) is 7. The van der Waals surface area contributed by atoms with Crippen LogP contribution < -0.4 is 10.1 Å². The van der Waals surface area contributed by atoms with Crippen molar-refractivity contribution < 1.29 is 9.47 Å². The Morgan fingerprint density at radius 2 is 1.82 bits per heavy atom. The topological polar surface area (TPSA) is 94.6 Å². The Kier molecular flexibility index (Phi) is 6.97. The molecule has 0 atom stereocenters. The first-order valence-corrected chi connectivity index (χ1v) is 12.7. The van der Waals surface area contributed by atoms with Gasteiger partial charge in [-0.2, -0.15) is 5.10 Å². The fourth-order valence-electron chi connectivity index (χ4n) is 4.58. The molecule has 5 heterocycles. The molecular weight excluding hydrogens is 480 g/mol. The van der Waals surface area contributed by atoms with Crippen LogP contribution in [0, 0.1) is 0 Å². The third-order valence-electron chi connectivity index (χ3n) is 6.79. The lowest BCUT2D eigenvalue weighted by Crippen LogP contribution is -2.38. The number of morpholine rings is 1. The zero-order valence-electron chi connectivity index (χ0n) is 21.3. The van der Waals surface area contributed by atoms with Crippen molar-refractivity contribution in [1.82, 2.24) is 34.0 Å². The number of methoxy groups -OCH3 is 1.